The van der Waals surface area contributed by atoms with Crippen LogP contribution in [0.2, 0.25) is 0 Å². The van der Waals surface area contributed by atoms with Gasteiger partial charge in [-0.25, -0.2) is 17.8 Å². The van der Waals surface area contributed by atoms with Gasteiger partial charge in [-0.2, -0.15) is 10.2 Å². The van der Waals surface area contributed by atoms with Crippen molar-refractivity contribution in [3.63, 3.8) is 0 Å². The third-order valence-corrected chi connectivity index (χ3v) is 7.36. The largest absolute Gasteiger partial charge is 0.352 e. The number of rotatable bonds is 7. The highest BCUT2D eigenvalue weighted by Crippen LogP contribution is 2.34. The van der Waals surface area contributed by atoms with Gasteiger partial charge in [-0.3, -0.25) is 9.59 Å². The molecule has 4 rings (SSSR count). The third-order valence-electron chi connectivity index (χ3n) is 4.84. The lowest BCUT2D eigenvalue weighted by Crippen LogP contribution is -2.41. The lowest BCUT2D eigenvalue weighted by molar-refractivity contribution is -0.126. The van der Waals surface area contributed by atoms with Gasteiger partial charge in [0.15, 0.2) is 15.1 Å². The van der Waals surface area contributed by atoms with Crippen LogP contribution in [0.3, 0.4) is 0 Å². The molecule has 2 heterocycles. The molecule has 0 bridgehead atoms. The van der Waals surface area contributed by atoms with E-state index in [-0.39, 0.29) is 29.1 Å². The summed E-state index contributed by atoms with van der Waals surface area (Å²) < 4.78 is 39.9. The van der Waals surface area contributed by atoms with Crippen LogP contribution >= 0.6 is 11.3 Å². The monoisotopic (exact) mass is 477 g/mol. The number of hydrogen-bond donors (Lipinski definition) is 2. The summed E-state index contributed by atoms with van der Waals surface area (Å²) in [5, 5.41) is 11.2. The van der Waals surface area contributed by atoms with Crippen LogP contribution in [0.25, 0.3) is 21.3 Å². The van der Waals surface area contributed by atoms with Crippen molar-refractivity contribution in [2.75, 3.05) is 12.8 Å². The number of fused-ring (bicyclic) bond motifs is 1. The van der Waals surface area contributed by atoms with Crippen molar-refractivity contribution in [3.05, 3.63) is 40.9 Å². The number of nitrogens with zero attached hydrogens (tertiary/aromatic N) is 3. The number of halogens is 1. The van der Waals surface area contributed by atoms with E-state index < -0.39 is 26.8 Å². The van der Waals surface area contributed by atoms with Crippen LogP contribution < -0.4 is 10.6 Å². The summed E-state index contributed by atoms with van der Waals surface area (Å²) >= 11 is 0.917. The zero-order valence-electron chi connectivity index (χ0n) is 17.3. The van der Waals surface area contributed by atoms with Gasteiger partial charge in [0.25, 0.3) is 0 Å². The van der Waals surface area contributed by atoms with Crippen LogP contribution in [0.1, 0.15) is 28.8 Å². The van der Waals surface area contributed by atoms with Gasteiger partial charge in [-0.15, -0.1) is 11.3 Å². The van der Waals surface area contributed by atoms with E-state index in [1.807, 2.05) is 0 Å². The number of benzene rings is 1. The number of aryl methyl sites for hydroxylation is 1. The zero-order chi connectivity index (χ0) is 23.0. The van der Waals surface area contributed by atoms with E-state index in [4.69, 9.17) is 0 Å². The summed E-state index contributed by atoms with van der Waals surface area (Å²) in [6.45, 7) is 1.40. The SMILES string of the molecule is Cc1cc(-c2cc3nc(C(C(=O)NCC(=O)NC4CC4)S(C)(=O)=O)sc3cc2F)cnn1. The Kier molecular flexibility index (Phi) is 5.91. The van der Waals surface area contributed by atoms with E-state index in [2.05, 4.69) is 25.8 Å². The molecule has 3 aromatic rings. The van der Waals surface area contributed by atoms with Gasteiger partial charge in [0.2, 0.25) is 11.8 Å². The van der Waals surface area contributed by atoms with E-state index in [9.17, 15) is 22.4 Å². The van der Waals surface area contributed by atoms with Crippen molar-refractivity contribution in [3.8, 4) is 11.1 Å². The first-order chi connectivity index (χ1) is 15.1. The van der Waals surface area contributed by atoms with E-state index >= 15 is 0 Å². The molecule has 1 aliphatic rings. The van der Waals surface area contributed by atoms with E-state index in [1.165, 1.54) is 18.3 Å². The second kappa shape index (κ2) is 8.51. The normalized spacial score (nSPS) is 14.8. The zero-order valence-corrected chi connectivity index (χ0v) is 18.9. The van der Waals surface area contributed by atoms with E-state index in [0.717, 1.165) is 30.4 Å². The molecular weight excluding hydrogens is 457 g/mol. The number of nitrogens with one attached hydrogen (secondary N) is 2. The molecule has 1 aromatic carbocycles. The first-order valence-electron chi connectivity index (χ1n) is 9.77. The van der Waals surface area contributed by atoms with E-state index in [0.29, 0.717) is 21.5 Å². The second-order valence-electron chi connectivity index (χ2n) is 7.71. The molecule has 32 heavy (non-hydrogen) atoms. The minimum absolute atomic E-state index is 0.00295. The van der Waals surface area contributed by atoms with Gasteiger partial charge in [0, 0.05) is 23.4 Å². The Morgan fingerprint density at radius 2 is 2.03 bits per heavy atom. The number of hydrogen-bond acceptors (Lipinski definition) is 8. The van der Waals surface area contributed by atoms with Crippen LogP contribution in [0.4, 0.5) is 4.39 Å². The molecule has 12 heteroatoms. The molecule has 9 nitrogen and oxygen atoms in total. The summed E-state index contributed by atoms with van der Waals surface area (Å²) in [6.07, 6.45) is 4.13. The number of thiazole rings is 1. The predicted molar refractivity (Wildman–Crippen MR) is 117 cm³/mol. The number of sulfone groups is 1. The Morgan fingerprint density at radius 1 is 1.28 bits per heavy atom. The molecular formula is C20H20FN5O4S2. The Balaban J connectivity index is 1.64. The van der Waals surface area contributed by atoms with Crippen molar-refractivity contribution in [1.82, 2.24) is 25.8 Å². The summed E-state index contributed by atoms with van der Waals surface area (Å²) in [6, 6.07) is 4.53. The minimum Gasteiger partial charge on any atom is -0.352 e. The maximum absolute atomic E-state index is 14.7. The Labute approximate surface area is 187 Å². The third kappa shape index (κ3) is 4.91. The molecule has 0 radical (unpaired) electrons. The quantitative estimate of drug-likeness (QED) is 0.529. The average Bonchev–Trinajstić information content (AvgIpc) is 3.42. The maximum Gasteiger partial charge on any atom is 0.245 e. The van der Waals surface area contributed by atoms with Crippen LogP contribution in [-0.2, 0) is 19.4 Å². The predicted octanol–water partition coefficient (Wildman–Crippen LogP) is 1.68. The summed E-state index contributed by atoms with van der Waals surface area (Å²) in [4.78, 5) is 28.8. The molecule has 1 fully saturated rings. The molecule has 2 amide bonds. The molecule has 168 valence electrons. The van der Waals surface area contributed by atoms with Crippen molar-refractivity contribution < 1.29 is 22.4 Å². The van der Waals surface area contributed by atoms with E-state index in [1.54, 1.807) is 13.0 Å². The van der Waals surface area contributed by atoms with Crippen LogP contribution in [-0.4, -0.2) is 54.3 Å². The van der Waals surface area contributed by atoms with Gasteiger partial charge >= 0.3 is 0 Å². The van der Waals surface area contributed by atoms with Gasteiger partial charge in [-0.05, 0) is 38.0 Å². The fourth-order valence-corrected chi connectivity index (χ4v) is 5.69. The number of carbonyl (C=O) groups is 2. The average molecular weight is 478 g/mol. The molecule has 0 aliphatic heterocycles. The van der Waals surface area contributed by atoms with Gasteiger partial charge < -0.3 is 10.6 Å². The van der Waals surface area contributed by atoms with Gasteiger partial charge in [-0.1, -0.05) is 0 Å². The molecule has 2 N–H and O–H groups in total. The van der Waals surface area contributed by atoms with Crippen molar-refractivity contribution in [2.45, 2.75) is 31.1 Å². The smallest absolute Gasteiger partial charge is 0.245 e. The first kappa shape index (κ1) is 22.2. The fraction of sp³-hybridized carbons (Fsp3) is 0.350. The van der Waals surface area contributed by atoms with Crippen molar-refractivity contribution >= 4 is 43.2 Å². The second-order valence-corrected chi connectivity index (χ2v) is 10.9. The van der Waals surface area contributed by atoms with Crippen molar-refractivity contribution in [2.24, 2.45) is 0 Å². The first-order valence-corrected chi connectivity index (χ1v) is 12.5. The fourth-order valence-electron chi connectivity index (χ4n) is 3.18. The Bertz CT molecular complexity index is 1320. The highest BCUT2D eigenvalue weighted by Gasteiger charge is 2.34. The number of amides is 2. The van der Waals surface area contributed by atoms with Gasteiger partial charge in [0.05, 0.1) is 28.7 Å². The van der Waals surface area contributed by atoms with Crippen LogP contribution in [0, 0.1) is 12.7 Å². The molecule has 1 aliphatic carbocycles. The molecule has 1 saturated carbocycles. The van der Waals surface area contributed by atoms with Crippen molar-refractivity contribution in [1.29, 1.82) is 0 Å². The molecule has 0 saturated heterocycles. The van der Waals surface area contributed by atoms with Crippen LogP contribution in [0.15, 0.2) is 24.4 Å². The molecule has 2 aromatic heterocycles. The van der Waals surface area contributed by atoms with Crippen LogP contribution in [0.5, 0.6) is 0 Å². The standard InChI is InChI=1S/C20H20FN5O4S2/c1-10-5-11(8-23-26-10)13-6-15-16(7-14(13)21)31-20(25-15)18(32(2,29)30)19(28)22-9-17(27)24-12-3-4-12/h5-8,12,18H,3-4,9H2,1-2H3,(H,22,28)(H,24,27). The minimum atomic E-state index is -3.91. The number of aromatic nitrogens is 3. The summed E-state index contributed by atoms with van der Waals surface area (Å²) in [7, 11) is -3.91. The molecule has 1 unspecified atom stereocenters. The molecule has 1 atom stereocenters. The lowest BCUT2D eigenvalue weighted by atomic mass is 10.1. The number of carbonyl (C=O) groups excluding carboxylic acids is 2. The highest BCUT2D eigenvalue weighted by molar-refractivity contribution is 7.91. The molecule has 0 spiro atoms. The van der Waals surface area contributed by atoms with Gasteiger partial charge in [0.1, 0.15) is 10.8 Å². The maximum atomic E-state index is 14.7. The lowest BCUT2D eigenvalue weighted by Gasteiger charge is -2.12. The summed E-state index contributed by atoms with van der Waals surface area (Å²) in [5.41, 5.74) is 1.71. The Hall–Kier alpha value is -2.99. The summed E-state index contributed by atoms with van der Waals surface area (Å²) in [5.74, 6) is -1.77. The Morgan fingerprint density at radius 3 is 2.69 bits per heavy atom. The highest BCUT2D eigenvalue weighted by atomic mass is 32.2. The topological polar surface area (TPSA) is 131 Å².